The van der Waals surface area contributed by atoms with Crippen LogP contribution in [0.2, 0.25) is 0 Å². The van der Waals surface area contributed by atoms with E-state index < -0.39 is 0 Å². The minimum atomic E-state index is 0.0344. The fraction of sp³-hybridized carbons (Fsp3) is 0.467. The van der Waals surface area contributed by atoms with Crippen LogP contribution >= 0.6 is 0 Å². The Hall–Kier alpha value is -2.24. The molecule has 0 radical (unpaired) electrons. The van der Waals surface area contributed by atoms with Crippen molar-refractivity contribution in [3.8, 4) is 11.5 Å². The minimum Gasteiger partial charge on any atom is -0.497 e. The molecule has 21 heavy (non-hydrogen) atoms. The van der Waals surface area contributed by atoms with Gasteiger partial charge in [0, 0.05) is 31.7 Å². The zero-order valence-electron chi connectivity index (χ0n) is 12.4. The van der Waals surface area contributed by atoms with Gasteiger partial charge in [-0.3, -0.25) is 9.59 Å². The van der Waals surface area contributed by atoms with Crippen LogP contribution in [0.4, 0.5) is 0 Å². The summed E-state index contributed by atoms with van der Waals surface area (Å²) in [6, 6.07) is 5.42. The molecule has 0 saturated carbocycles. The zero-order chi connectivity index (χ0) is 15.2. The van der Waals surface area contributed by atoms with E-state index in [0.29, 0.717) is 37.7 Å². The Balaban J connectivity index is 2.04. The normalized spacial score (nSPS) is 14.8. The lowest BCUT2D eigenvalue weighted by Crippen LogP contribution is -2.48. The first-order valence-electron chi connectivity index (χ1n) is 6.86. The highest BCUT2D eigenvalue weighted by atomic mass is 16.5. The molecule has 114 valence electrons. The molecule has 1 aromatic rings. The molecule has 1 fully saturated rings. The van der Waals surface area contributed by atoms with E-state index >= 15 is 0 Å². The van der Waals surface area contributed by atoms with Gasteiger partial charge in [0.2, 0.25) is 12.3 Å². The molecule has 0 unspecified atom stereocenters. The molecule has 6 heteroatoms. The fourth-order valence-corrected chi connectivity index (χ4v) is 2.37. The predicted octanol–water partition coefficient (Wildman–Crippen LogP) is 0.547. The SMILES string of the molecule is COc1ccc(OC)c(CC(=O)N2CCN(C=O)CC2)c1. The third-order valence-corrected chi connectivity index (χ3v) is 3.65. The van der Waals surface area contributed by atoms with Crippen molar-refractivity contribution in [3.05, 3.63) is 23.8 Å². The molecule has 1 saturated heterocycles. The lowest BCUT2D eigenvalue weighted by Gasteiger charge is -2.32. The number of benzene rings is 1. The molecule has 0 spiro atoms. The number of carbonyl (C=O) groups excluding carboxylic acids is 2. The first-order chi connectivity index (χ1) is 10.2. The Labute approximate surface area is 124 Å². The molecular weight excluding hydrogens is 272 g/mol. The molecule has 0 N–H and O–H groups in total. The molecule has 6 nitrogen and oxygen atoms in total. The van der Waals surface area contributed by atoms with Crippen LogP contribution in [0.5, 0.6) is 11.5 Å². The third kappa shape index (κ3) is 3.65. The molecule has 0 atom stereocenters. The van der Waals surface area contributed by atoms with E-state index in [2.05, 4.69) is 0 Å². The number of rotatable bonds is 5. The first kappa shape index (κ1) is 15.2. The molecule has 1 aliphatic heterocycles. The summed E-state index contributed by atoms with van der Waals surface area (Å²) < 4.78 is 10.5. The van der Waals surface area contributed by atoms with E-state index in [4.69, 9.17) is 9.47 Å². The van der Waals surface area contributed by atoms with Gasteiger partial charge in [-0.2, -0.15) is 0 Å². The van der Waals surface area contributed by atoms with Crippen molar-refractivity contribution < 1.29 is 19.1 Å². The molecule has 1 aromatic carbocycles. The van der Waals surface area contributed by atoms with Gasteiger partial charge in [0.25, 0.3) is 0 Å². The van der Waals surface area contributed by atoms with Crippen LogP contribution in [0.25, 0.3) is 0 Å². The van der Waals surface area contributed by atoms with E-state index in [-0.39, 0.29) is 12.3 Å². The summed E-state index contributed by atoms with van der Waals surface area (Å²) in [6.45, 7) is 2.32. The van der Waals surface area contributed by atoms with Crippen LogP contribution in [-0.2, 0) is 16.0 Å². The molecular formula is C15H20N2O4. The second-order valence-corrected chi connectivity index (χ2v) is 4.88. The Bertz CT molecular complexity index is 510. The van der Waals surface area contributed by atoms with Gasteiger partial charge >= 0.3 is 0 Å². The molecule has 1 aliphatic rings. The van der Waals surface area contributed by atoms with Crippen molar-refractivity contribution in [1.29, 1.82) is 0 Å². The van der Waals surface area contributed by atoms with Gasteiger partial charge in [-0.15, -0.1) is 0 Å². The second-order valence-electron chi connectivity index (χ2n) is 4.88. The molecule has 0 aromatic heterocycles. The molecule has 2 rings (SSSR count). The van der Waals surface area contributed by atoms with Gasteiger partial charge in [0.1, 0.15) is 11.5 Å². The number of nitrogens with zero attached hydrogens (tertiary/aromatic N) is 2. The summed E-state index contributed by atoms with van der Waals surface area (Å²) in [5, 5.41) is 0. The summed E-state index contributed by atoms with van der Waals surface area (Å²) in [7, 11) is 3.17. The molecule has 0 bridgehead atoms. The number of ether oxygens (including phenoxy) is 2. The first-order valence-corrected chi connectivity index (χ1v) is 6.86. The van der Waals surface area contributed by atoms with Gasteiger partial charge < -0.3 is 19.3 Å². The van der Waals surface area contributed by atoms with Gasteiger partial charge in [0.05, 0.1) is 20.6 Å². The number of amides is 2. The maximum absolute atomic E-state index is 12.4. The molecule has 2 amide bonds. The van der Waals surface area contributed by atoms with E-state index in [0.717, 1.165) is 12.0 Å². The zero-order valence-corrected chi connectivity index (χ0v) is 12.4. The minimum absolute atomic E-state index is 0.0344. The number of hydrogen-bond donors (Lipinski definition) is 0. The summed E-state index contributed by atoms with van der Waals surface area (Å²) in [4.78, 5) is 26.5. The lowest BCUT2D eigenvalue weighted by molar-refractivity contribution is -0.134. The molecule has 0 aliphatic carbocycles. The van der Waals surface area contributed by atoms with Gasteiger partial charge in [-0.1, -0.05) is 0 Å². The second kappa shape index (κ2) is 6.97. The number of methoxy groups -OCH3 is 2. The van der Waals surface area contributed by atoms with Crippen molar-refractivity contribution in [2.45, 2.75) is 6.42 Å². The van der Waals surface area contributed by atoms with Crippen LogP contribution in [0, 0.1) is 0 Å². The Morgan fingerprint density at radius 1 is 1.19 bits per heavy atom. The number of piperazine rings is 1. The quantitative estimate of drug-likeness (QED) is 0.744. The van der Waals surface area contributed by atoms with E-state index in [1.54, 1.807) is 36.2 Å². The monoisotopic (exact) mass is 292 g/mol. The summed E-state index contributed by atoms with van der Waals surface area (Å²) >= 11 is 0. The number of hydrogen-bond acceptors (Lipinski definition) is 4. The Morgan fingerprint density at radius 2 is 1.90 bits per heavy atom. The highest BCUT2D eigenvalue weighted by Crippen LogP contribution is 2.25. The summed E-state index contributed by atoms with van der Waals surface area (Å²) in [6.07, 6.45) is 1.09. The Kier molecular flexibility index (Phi) is 5.03. The fourth-order valence-electron chi connectivity index (χ4n) is 2.37. The van der Waals surface area contributed by atoms with Crippen molar-refractivity contribution >= 4 is 12.3 Å². The predicted molar refractivity (Wildman–Crippen MR) is 77.5 cm³/mol. The lowest BCUT2D eigenvalue weighted by atomic mass is 10.1. The maximum Gasteiger partial charge on any atom is 0.227 e. The van der Waals surface area contributed by atoms with E-state index in [9.17, 15) is 9.59 Å². The van der Waals surface area contributed by atoms with Crippen molar-refractivity contribution in [1.82, 2.24) is 9.80 Å². The standard InChI is InChI=1S/C15H20N2O4/c1-20-13-3-4-14(21-2)12(9-13)10-15(19)17-7-5-16(11-18)6-8-17/h3-4,9,11H,5-8,10H2,1-2H3. The average molecular weight is 292 g/mol. The summed E-state index contributed by atoms with van der Waals surface area (Å²) in [5.41, 5.74) is 0.805. The summed E-state index contributed by atoms with van der Waals surface area (Å²) in [5.74, 6) is 1.41. The Morgan fingerprint density at radius 3 is 2.48 bits per heavy atom. The van der Waals surface area contributed by atoms with Crippen molar-refractivity contribution in [2.24, 2.45) is 0 Å². The van der Waals surface area contributed by atoms with Crippen LogP contribution in [0.3, 0.4) is 0 Å². The van der Waals surface area contributed by atoms with E-state index in [1.807, 2.05) is 6.07 Å². The highest BCUT2D eigenvalue weighted by molar-refractivity contribution is 5.80. The maximum atomic E-state index is 12.4. The van der Waals surface area contributed by atoms with Gasteiger partial charge in [0.15, 0.2) is 0 Å². The molecule has 1 heterocycles. The topological polar surface area (TPSA) is 59.1 Å². The third-order valence-electron chi connectivity index (χ3n) is 3.65. The number of carbonyl (C=O) groups is 2. The van der Waals surface area contributed by atoms with Crippen LogP contribution in [-0.4, -0.2) is 62.5 Å². The van der Waals surface area contributed by atoms with Crippen molar-refractivity contribution in [3.63, 3.8) is 0 Å². The average Bonchev–Trinajstić information content (AvgIpc) is 2.54. The van der Waals surface area contributed by atoms with Gasteiger partial charge in [-0.25, -0.2) is 0 Å². The largest absolute Gasteiger partial charge is 0.497 e. The van der Waals surface area contributed by atoms with Crippen LogP contribution < -0.4 is 9.47 Å². The van der Waals surface area contributed by atoms with Crippen LogP contribution in [0.15, 0.2) is 18.2 Å². The van der Waals surface area contributed by atoms with E-state index in [1.165, 1.54) is 0 Å². The van der Waals surface area contributed by atoms with Crippen LogP contribution in [0.1, 0.15) is 5.56 Å². The van der Waals surface area contributed by atoms with Crippen molar-refractivity contribution in [2.75, 3.05) is 40.4 Å². The highest BCUT2D eigenvalue weighted by Gasteiger charge is 2.21. The van der Waals surface area contributed by atoms with Gasteiger partial charge in [-0.05, 0) is 18.2 Å². The smallest absolute Gasteiger partial charge is 0.227 e.